The Morgan fingerprint density at radius 2 is 1.75 bits per heavy atom. The number of hydrogen-bond donors (Lipinski definition) is 2. The third kappa shape index (κ3) is 2.32. The molecule has 0 radical (unpaired) electrons. The summed E-state index contributed by atoms with van der Waals surface area (Å²) in [5, 5.41) is 21.5. The Morgan fingerprint density at radius 1 is 1.08 bits per heavy atom. The summed E-state index contributed by atoms with van der Waals surface area (Å²) < 4.78 is 22.0. The fourth-order valence-corrected chi connectivity index (χ4v) is 3.05. The van der Waals surface area contributed by atoms with Gasteiger partial charge in [0.05, 0.1) is 32.5 Å². The molecule has 130 valence electrons. The highest BCUT2D eigenvalue weighted by atomic mass is 16.5. The second kappa shape index (κ2) is 5.68. The molecule has 1 aliphatic heterocycles. The number of pyridine rings is 1. The summed E-state index contributed by atoms with van der Waals surface area (Å²) in [7, 11) is 4.57. The van der Waals surface area contributed by atoms with E-state index in [2.05, 4.69) is 4.98 Å². The van der Waals surface area contributed by atoms with Gasteiger partial charge in [0.1, 0.15) is 17.4 Å². The number of aromatic nitrogens is 1. The summed E-state index contributed by atoms with van der Waals surface area (Å²) in [5.74, 6) is 1.62. The van der Waals surface area contributed by atoms with Crippen molar-refractivity contribution in [2.24, 2.45) is 0 Å². The van der Waals surface area contributed by atoms with E-state index < -0.39 is 17.8 Å². The van der Waals surface area contributed by atoms with Gasteiger partial charge in [0.25, 0.3) is 0 Å². The predicted octanol–water partition coefficient (Wildman–Crippen LogP) is 1.83. The maximum absolute atomic E-state index is 10.6. The topological polar surface area (TPSA) is 90.3 Å². The molecule has 2 N–H and O–H groups in total. The lowest BCUT2D eigenvalue weighted by atomic mass is 9.94. The van der Waals surface area contributed by atoms with Crippen LogP contribution < -0.4 is 18.9 Å². The standard InChI is InChI=1S/C17H21NO6/c1-17(2,20)15-12(19)10-13(22-4)8-6-7-9(21-3)14(23-5)11(8)18-16(10)24-15/h6-7,12,15,19-20H,1-5H3/t12-,15-/m1/s1. The minimum absolute atomic E-state index is 0.213. The maximum Gasteiger partial charge on any atom is 0.224 e. The van der Waals surface area contributed by atoms with Crippen LogP contribution in [0.5, 0.6) is 23.1 Å². The van der Waals surface area contributed by atoms with Crippen molar-refractivity contribution in [3.8, 4) is 23.1 Å². The van der Waals surface area contributed by atoms with Gasteiger partial charge < -0.3 is 29.2 Å². The van der Waals surface area contributed by atoms with E-state index in [1.165, 1.54) is 14.2 Å². The van der Waals surface area contributed by atoms with Gasteiger partial charge in [-0.15, -0.1) is 0 Å². The summed E-state index contributed by atoms with van der Waals surface area (Å²) in [6.07, 6.45) is -1.90. The van der Waals surface area contributed by atoms with Gasteiger partial charge in [-0.05, 0) is 26.0 Å². The fraction of sp³-hybridized carbons (Fsp3) is 0.471. The third-order valence-electron chi connectivity index (χ3n) is 4.17. The zero-order chi connectivity index (χ0) is 17.6. The molecule has 0 saturated carbocycles. The van der Waals surface area contributed by atoms with Crippen molar-refractivity contribution in [3.05, 3.63) is 17.7 Å². The lowest BCUT2D eigenvalue weighted by molar-refractivity contribution is -0.0773. The van der Waals surface area contributed by atoms with Crippen molar-refractivity contribution in [3.63, 3.8) is 0 Å². The largest absolute Gasteiger partial charge is 0.495 e. The van der Waals surface area contributed by atoms with Crippen LogP contribution in [-0.4, -0.2) is 48.2 Å². The molecule has 1 aromatic carbocycles. The predicted molar refractivity (Wildman–Crippen MR) is 87.1 cm³/mol. The number of fused-ring (bicyclic) bond motifs is 2. The average molecular weight is 335 g/mol. The third-order valence-corrected chi connectivity index (χ3v) is 4.17. The Morgan fingerprint density at radius 3 is 2.29 bits per heavy atom. The van der Waals surface area contributed by atoms with E-state index in [9.17, 15) is 10.2 Å². The minimum atomic E-state index is -1.25. The van der Waals surface area contributed by atoms with Crippen molar-refractivity contribution in [2.45, 2.75) is 31.7 Å². The zero-order valence-electron chi connectivity index (χ0n) is 14.3. The fourth-order valence-electron chi connectivity index (χ4n) is 3.05. The molecule has 3 rings (SSSR count). The van der Waals surface area contributed by atoms with Gasteiger partial charge in [-0.3, -0.25) is 0 Å². The first kappa shape index (κ1) is 16.6. The number of benzene rings is 1. The first-order valence-electron chi connectivity index (χ1n) is 7.53. The van der Waals surface area contributed by atoms with Gasteiger partial charge in [0.2, 0.25) is 5.88 Å². The number of aliphatic hydroxyl groups is 2. The zero-order valence-corrected chi connectivity index (χ0v) is 14.3. The van der Waals surface area contributed by atoms with Crippen LogP contribution in [0.2, 0.25) is 0 Å². The van der Waals surface area contributed by atoms with Crippen molar-refractivity contribution >= 4 is 10.9 Å². The van der Waals surface area contributed by atoms with Crippen LogP contribution >= 0.6 is 0 Å². The lowest BCUT2D eigenvalue weighted by Gasteiger charge is -2.26. The van der Waals surface area contributed by atoms with E-state index in [0.717, 1.165) is 0 Å². The molecule has 0 unspecified atom stereocenters. The van der Waals surface area contributed by atoms with Gasteiger partial charge in [-0.1, -0.05) is 0 Å². The molecule has 0 fully saturated rings. The van der Waals surface area contributed by atoms with Crippen LogP contribution in [0.4, 0.5) is 0 Å². The van der Waals surface area contributed by atoms with Gasteiger partial charge in [-0.25, -0.2) is 4.98 Å². The van der Waals surface area contributed by atoms with E-state index in [1.807, 2.05) is 0 Å². The second-order valence-electron chi connectivity index (χ2n) is 6.20. The van der Waals surface area contributed by atoms with Crippen molar-refractivity contribution < 1.29 is 29.2 Å². The van der Waals surface area contributed by atoms with Gasteiger partial charge in [0, 0.05) is 5.39 Å². The van der Waals surface area contributed by atoms with Crippen LogP contribution in [-0.2, 0) is 0 Å². The van der Waals surface area contributed by atoms with E-state index in [1.54, 1.807) is 33.1 Å². The van der Waals surface area contributed by atoms with Crippen LogP contribution in [0.3, 0.4) is 0 Å². The average Bonchev–Trinajstić information content (AvgIpc) is 2.88. The summed E-state index contributed by atoms with van der Waals surface area (Å²) >= 11 is 0. The maximum atomic E-state index is 10.6. The summed E-state index contributed by atoms with van der Waals surface area (Å²) in [5.41, 5.74) is -0.334. The van der Waals surface area contributed by atoms with Crippen molar-refractivity contribution in [1.82, 2.24) is 4.98 Å². The number of methoxy groups -OCH3 is 3. The highest BCUT2D eigenvalue weighted by molar-refractivity contribution is 5.94. The molecular weight excluding hydrogens is 314 g/mol. The first-order chi connectivity index (χ1) is 11.3. The summed E-state index contributed by atoms with van der Waals surface area (Å²) in [6.45, 7) is 3.14. The normalized spacial score (nSPS) is 19.8. The summed E-state index contributed by atoms with van der Waals surface area (Å²) in [4.78, 5) is 4.48. The Bertz CT molecular complexity index is 783. The molecule has 0 amide bonds. The highest BCUT2D eigenvalue weighted by Crippen LogP contribution is 2.49. The Labute approximate surface area is 139 Å². The van der Waals surface area contributed by atoms with Gasteiger partial charge >= 0.3 is 0 Å². The molecule has 7 nitrogen and oxygen atoms in total. The monoisotopic (exact) mass is 335 g/mol. The molecule has 24 heavy (non-hydrogen) atoms. The molecule has 2 aromatic rings. The van der Waals surface area contributed by atoms with E-state index >= 15 is 0 Å². The molecule has 0 aliphatic carbocycles. The van der Waals surface area contributed by atoms with Gasteiger partial charge in [-0.2, -0.15) is 0 Å². The number of ether oxygens (including phenoxy) is 4. The Hall–Kier alpha value is -2.25. The molecule has 0 spiro atoms. The van der Waals surface area contributed by atoms with E-state index in [-0.39, 0.29) is 5.88 Å². The van der Waals surface area contributed by atoms with E-state index in [0.29, 0.717) is 33.7 Å². The van der Waals surface area contributed by atoms with Crippen molar-refractivity contribution in [1.29, 1.82) is 0 Å². The quantitative estimate of drug-likeness (QED) is 0.881. The highest BCUT2D eigenvalue weighted by Gasteiger charge is 2.45. The summed E-state index contributed by atoms with van der Waals surface area (Å²) in [6, 6.07) is 3.53. The first-order valence-corrected chi connectivity index (χ1v) is 7.53. The molecule has 1 aromatic heterocycles. The van der Waals surface area contributed by atoms with Crippen molar-refractivity contribution in [2.75, 3.05) is 21.3 Å². The number of rotatable bonds is 4. The van der Waals surface area contributed by atoms with E-state index in [4.69, 9.17) is 18.9 Å². The molecule has 1 aliphatic rings. The number of nitrogens with zero attached hydrogens (tertiary/aromatic N) is 1. The Kier molecular flexibility index (Phi) is 3.93. The molecule has 0 bridgehead atoms. The lowest BCUT2D eigenvalue weighted by Crippen LogP contribution is -2.41. The van der Waals surface area contributed by atoms with Crippen LogP contribution in [0.1, 0.15) is 25.5 Å². The molecular formula is C17H21NO6. The minimum Gasteiger partial charge on any atom is -0.495 e. The van der Waals surface area contributed by atoms with Gasteiger partial charge in [0.15, 0.2) is 17.6 Å². The number of aliphatic hydroxyl groups excluding tert-OH is 1. The SMILES string of the molecule is COc1ccc2c(OC)c3c(nc2c1OC)O[C@@H](C(C)(C)O)[C@@H]3O. The van der Waals surface area contributed by atoms with Crippen LogP contribution in [0.15, 0.2) is 12.1 Å². The Balaban J connectivity index is 2.30. The van der Waals surface area contributed by atoms with Crippen LogP contribution in [0.25, 0.3) is 10.9 Å². The molecule has 2 heterocycles. The second-order valence-corrected chi connectivity index (χ2v) is 6.20. The molecule has 0 saturated heterocycles. The van der Waals surface area contributed by atoms with Crippen LogP contribution in [0, 0.1) is 0 Å². The number of hydrogen-bond acceptors (Lipinski definition) is 7. The molecule has 2 atom stereocenters. The molecule has 7 heteroatoms. The smallest absolute Gasteiger partial charge is 0.224 e.